The molecule has 0 amide bonds. The quantitative estimate of drug-likeness (QED) is 0.501. The Morgan fingerprint density at radius 2 is 2.45 bits per heavy atom. The van der Waals surface area contributed by atoms with E-state index in [4.69, 9.17) is 11.6 Å². The van der Waals surface area contributed by atoms with Crippen LogP contribution in [0.5, 0.6) is 0 Å². The van der Waals surface area contributed by atoms with Crippen LogP contribution >= 0.6 is 0 Å². The van der Waals surface area contributed by atoms with Crippen LogP contribution in [0.3, 0.4) is 0 Å². The molecule has 0 aliphatic rings. The van der Waals surface area contributed by atoms with Crippen LogP contribution < -0.4 is 17.1 Å². The summed E-state index contributed by atoms with van der Waals surface area (Å²) >= 11 is 0. The summed E-state index contributed by atoms with van der Waals surface area (Å²) < 4.78 is 1.31. The van der Waals surface area contributed by atoms with E-state index in [2.05, 4.69) is 16.6 Å². The third kappa shape index (κ3) is 1.82. The molecule has 5 heteroatoms. The molecule has 11 heavy (non-hydrogen) atoms. The first kappa shape index (κ1) is 7.33. The molecule has 1 rings (SSSR count). The molecule has 58 valence electrons. The highest BCUT2D eigenvalue weighted by atomic mass is 15.3. The number of nitrogens with two attached hydrogens (primary N) is 2. The van der Waals surface area contributed by atoms with Crippen molar-refractivity contribution in [1.82, 2.24) is 9.66 Å². The largest absolute Gasteiger partial charge is 0.384 e. The van der Waals surface area contributed by atoms with Gasteiger partial charge in [0.2, 0.25) is 0 Å². The van der Waals surface area contributed by atoms with Crippen molar-refractivity contribution in [1.29, 1.82) is 0 Å². The molecule has 0 spiro atoms. The summed E-state index contributed by atoms with van der Waals surface area (Å²) in [5.41, 5.74) is 5.71. The molecule has 1 aromatic heterocycles. The lowest BCUT2D eigenvalue weighted by molar-refractivity contribution is 0.865. The number of nitrogens with zero attached hydrogens (tertiary/aromatic N) is 3. The first-order valence-corrected chi connectivity index (χ1v) is 2.97. The monoisotopic (exact) mass is 151 g/mol. The van der Waals surface area contributed by atoms with Crippen LogP contribution in [0.4, 0.5) is 0 Å². The van der Waals surface area contributed by atoms with E-state index in [9.17, 15) is 0 Å². The molecule has 0 atom stereocenters. The fourth-order valence-corrected chi connectivity index (χ4v) is 0.597. The Morgan fingerprint density at radius 3 is 3.00 bits per heavy atom. The summed E-state index contributed by atoms with van der Waals surface area (Å²) in [7, 11) is 0. The van der Waals surface area contributed by atoms with Gasteiger partial charge >= 0.3 is 0 Å². The van der Waals surface area contributed by atoms with Gasteiger partial charge in [0, 0.05) is 12.4 Å². The van der Waals surface area contributed by atoms with Crippen LogP contribution in [0, 0.1) is 0 Å². The fraction of sp³-hybridized carbons (Fsp3) is 0. The molecule has 0 unspecified atom stereocenters. The zero-order chi connectivity index (χ0) is 8.27. The second-order valence-electron chi connectivity index (χ2n) is 1.94. The highest BCUT2D eigenvalue weighted by molar-refractivity contribution is 4.88. The predicted octanol–water partition coefficient (Wildman–Crippen LogP) is -1.07. The summed E-state index contributed by atoms with van der Waals surface area (Å²) in [6.07, 6.45) is 4.62. The van der Waals surface area contributed by atoms with Crippen molar-refractivity contribution in [3.05, 3.63) is 36.5 Å². The zero-order valence-electron chi connectivity index (χ0n) is 5.94. The highest BCUT2D eigenvalue weighted by Gasteiger charge is 1.84. The van der Waals surface area contributed by atoms with Gasteiger partial charge in [-0.05, 0) is 0 Å². The summed E-state index contributed by atoms with van der Waals surface area (Å²) in [6, 6.07) is 0. The SMILES string of the molecule is C=C(N)/N=c1/cnccn1N. The molecule has 0 aliphatic carbocycles. The average Bonchev–Trinajstić information content (AvgIpc) is 1.93. The van der Waals surface area contributed by atoms with Crippen molar-refractivity contribution in [3.8, 4) is 0 Å². The van der Waals surface area contributed by atoms with Gasteiger partial charge in [-0.15, -0.1) is 0 Å². The average molecular weight is 151 g/mol. The van der Waals surface area contributed by atoms with Crippen LogP contribution in [0.2, 0.25) is 0 Å². The molecule has 0 radical (unpaired) electrons. The molecule has 0 saturated heterocycles. The number of hydrogen-bond acceptors (Lipinski definition) is 4. The Bertz CT molecular complexity index is 324. The second-order valence-corrected chi connectivity index (χ2v) is 1.94. The van der Waals surface area contributed by atoms with Gasteiger partial charge in [0.25, 0.3) is 0 Å². The van der Waals surface area contributed by atoms with E-state index in [0.717, 1.165) is 0 Å². The van der Waals surface area contributed by atoms with Gasteiger partial charge in [0.05, 0.1) is 6.20 Å². The predicted molar refractivity (Wildman–Crippen MR) is 41.3 cm³/mol. The van der Waals surface area contributed by atoms with Crippen LogP contribution in [-0.2, 0) is 0 Å². The normalized spacial score (nSPS) is 11.5. The van der Waals surface area contributed by atoms with E-state index >= 15 is 0 Å². The van der Waals surface area contributed by atoms with Crippen molar-refractivity contribution in [3.63, 3.8) is 0 Å². The first-order valence-electron chi connectivity index (χ1n) is 2.97. The standard InChI is InChI=1S/C6H9N5/c1-5(7)10-6-4-9-2-3-11(6)8/h2-4H,1,7-8H2/b10-6-. The molecule has 0 aliphatic heterocycles. The number of hydrogen-bond donors (Lipinski definition) is 2. The number of aromatic nitrogens is 2. The number of nitrogen functional groups attached to an aromatic ring is 1. The third-order valence-corrected chi connectivity index (χ3v) is 1.03. The van der Waals surface area contributed by atoms with Gasteiger partial charge in [-0.1, -0.05) is 6.58 Å². The Balaban J connectivity index is 3.23. The van der Waals surface area contributed by atoms with Crippen molar-refractivity contribution >= 4 is 0 Å². The summed E-state index contributed by atoms with van der Waals surface area (Å²) in [5.74, 6) is 5.66. The Morgan fingerprint density at radius 1 is 1.73 bits per heavy atom. The first-order chi connectivity index (χ1) is 5.20. The van der Waals surface area contributed by atoms with E-state index in [0.29, 0.717) is 5.49 Å². The lowest BCUT2D eigenvalue weighted by atomic mass is 10.7. The molecular formula is C6H9N5. The molecule has 1 aromatic rings. The van der Waals surface area contributed by atoms with Crippen molar-refractivity contribution in [2.75, 3.05) is 5.84 Å². The van der Waals surface area contributed by atoms with Crippen molar-refractivity contribution in [2.45, 2.75) is 0 Å². The van der Waals surface area contributed by atoms with Gasteiger partial charge < -0.3 is 11.6 Å². The topological polar surface area (TPSA) is 82.2 Å². The number of rotatable bonds is 1. The van der Waals surface area contributed by atoms with Gasteiger partial charge in [0.1, 0.15) is 5.82 Å². The van der Waals surface area contributed by atoms with Crippen LogP contribution in [-0.4, -0.2) is 9.66 Å². The van der Waals surface area contributed by atoms with E-state index in [-0.39, 0.29) is 5.82 Å². The maximum Gasteiger partial charge on any atom is 0.171 e. The molecule has 0 aromatic carbocycles. The minimum absolute atomic E-state index is 0.206. The van der Waals surface area contributed by atoms with Crippen LogP contribution in [0.1, 0.15) is 0 Å². The van der Waals surface area contributed by atoms with Gasteiger partial charge in [-0.3, -0.25) is 4.98 Å². The lowest BCUT2D eigenvalue weighted by Crippen LogP contribution is -2.27. The van der Waals surface area contributed by atoms with Gasteiger partial charge in [-0.2, -0.15) is 0 Å². The van der Waals surface area contributed by atoms with E-state index < -0.39 is 0 Å². The molecule has 0 bridgehead atoms. The maximum atomic E-state index is 5.46. The summed E-state index contributed by atoms with van der Waals surface area (Å²) in [5, 5.41) is 0. The molecule has 5 nitrogen and oxygen atoms in total. The van der Waals surface area contributed by atoms with E-state index in [1.54, 1.807) is 12.4 Å². The Labute approximate surface area is 63.7 Å². The Kier molecular flexibility index (Phi) is 1.91. The van der Waals surface area contributed by atoms with E-state index in [1.165, 1.54) is 10.9 Å². The van der Waals surface area contributed by atoms with Crippen LogP contribution in [0.15, 0.2) is 36.0 Å². The van der Waals surface area contributed by atoms with Crippen molar-refractivity contribution < 1.29 is 0 Å². The summed E-state index contributed by atoms with van der Waals surface area (Å²) in [6.45, 7) is 3.41. The molecular weight excluding hydrogens is 142 g/mol. The zero-order valence-corrected chi connectivity index (χ0v) is 5.94. The molecule has 0 fully saturated rings. The lowest BCUT2D eigenvalue weighted by Gasteiger charge is -1.96. The third-order valence-electron chi connectivity index (χ3n) is 1.03. The minimum Gasteiger partial charge on any atom is -0.384 e. The maximum absolute atomic E-state index is 5.46. The van der Waals surface area contributed by atoms with E-state index in [1.807, 2.05) is 0 Å². The minimum atomic E-state index is 0.206. The van der Waals surface area contributed by atoms with Gasteiger partial charge in [0.15, 0.2) is 5.49 Å². The molecule has 4 N–H and O–H groups in total. The highest BCUT2D eigenvalue weighted by Crippen LogP contribution is 1.74. The van der Waals surface area contributed by atoms with Gasteiger partial charge in [-0.25, -0.2) is 9.67 Å². The van der Waals surface area contributed by atoms with Crippen LogP contribution in [0.25, 0.3) is 0 Å². The smallest absolute Gasteiger partial charge is 0.171 e. The molecule has 1 heterocycles. The fourth-order valence-electron chi connectivity index (χ4n) is 0.597. The summed E-state index contributed by atoms with van der Waals surface area (Å²) in [4.78, 5) is 7.63. The van der Waals surface area contributed by atoms with Crippen molar-refractivity contribution in [2.24, 2.45) is 10.7 Å². The Hall–Kier alpha value is -1.78. The molecule has 0 saturated carbocycles. The second kappa shape index (κ2) is 2.87.